The van der Waals surface area contributed by atoms with Crippen molar-refractivity contribution >= 4 is 11.6 Å². The van der Waals surface area contributed by atoms with Gasteiger partial charge in [0.15, 0.2) is 5.82 Å². The molecule has 9 nitrogen and oxygen atoms in total. The smallest absolute Gasteiger partial charge is 0.264 e. The first kappa shape index (κ1) is 19.3. The molecule has 0 atom stereocenters. The van der Waals surface area contributed by atoms with Gasteiger partial charge < -0.3 is 9.73 Å². The lowest BCUT2D eigenvalue weighted by atomic mass is 10.2. The number of carbonyl (C=O) groups excluding carboxylic acids is 1. The van der Waals surface area contributed by atoms with Crippen molar-refractivity contribution in [2.45, 2.75) is 26.7 Å². The Morgan fingerprint density at radius 3 is 2.53 bits per heavy atom. The summed E-state index contributed by atoms with van der Waals surface area (Å²) in [5.74, 6) is 1.76. The normalized spacial score (nSPS) is 11.1. The first-order chi connectivity index (χ1) is 14.4. The van der Waals surface area contributed by atoms with Gasteiger partial charge in [0.05, 0.1) is 23.7 Å². The number of nitrogens with zero attached hydrogens (tertiary/aromatic N) is 4. The maximum absolute atomic E-state index is 12.7. The Hall–Kier alpha value is -4.01. The minimum Gasteiger partial charge on any atom is -0.441 e. The van der Waals surface area contributed by atoms with Crippen LogP contribution in [0, 0.1) is 6.92 Å². The molecule has 0 saturated carbocycles. The van der Waals surface area contributed by atoms with E-state index in [2.05, 4.69) is 25.6 Å². The van der Waals surface area contributed by atoms with E-state index in [1.165, 1.54) is 23.0 Å². The minimum atomic E-state index is -0.310. The molecule has 4 aromatic rings. The number of benzene rings is 1. The topological polar surface area (TPSA) is 119 Å². The zero-order valence-corrected chi connectivity index (χ0v) is 16.7. The molecular weight excluding hydrogens is 384 g/mol. The number of hydrogen-bond donors (Lipinski definition) is 2. The van der Waals surface area contributed by atoms with Crippen molar-refractivity contribution in [2.75, 3.05) is 5.32 Å². The highest BCUT2D eigenvalue weighted by Gasteiger charge is 2.16. The summed E-state index contributed by atoms with van der Waals surface area (Å²) in [5.41, 5.74) is 2.16. The Morgan fingerprint density at radius 1 is 1.13 bits per heavy atom. The largest absolute Gasteiger partial charge is 0.441 e. The molecule has 0 bridgehead atoms. The molecule has 9 heteroatoms. The highest BCUT2D eigenvalue weighted by molar-refractivity contribution is 6.05. The minimum absolute atomic E-state index is 0.264. The summed E-state index contributed by atoms with van der Waals surface area (Å²) in [5, 5.41) is 13.3. The third-order valence-corrected chi connectivity index (χ3v) is 4.62. The third-order valence-electron chi connectivity index (χ3n) is 4.62. The van der Waals surface area contributed by atoms with E-state index in [1.54, 1.807) is 25.3 Å². The number of rotatable bonds is 5. The summed E-state index contributed by atoms with van der Waals surface area (Å²) in [6, 6.07) is 10.1. The van der Waals surface area contributed by atoms with Gasteiger partial charge in [-0.05, 0) is 37.3 Å². The number of anilines is 1. The Kier molecular flexibility index (Phi) is 5.01. The van der Waals surface area contributed by atoms with Gasteiger partial charge in [-0.25, -0.2) is 14.8 Å². The van der Waals surface area contributed by atoms with E-state index in [4.69, 9.17) is 4.42 Å². The van der Waals surface area contributed by atoms with Crippen LogP contribution in [0.5, 0.6) is 0 Å². The van der Waals surface area contributed by atoms with Gasteiger partial charge in [-0.3, -0.25) is 9.59 Å². The van der Waals surface area contributed by atoms with Crippen molar-refractivity contribution in [3.63, 3.8) is 0 Å². The van der Waals surface area contributed by atoms with E-state index in [0.717, 1.165) is 11.3 Å². The van der Waals surface area contributed by atoms with Gasteiger partial charge >= 0.3 is 0 Å². The molecule has 0 fully saturated rings. The average Bonchev–Trinajstić information content (AvgIpc) is 3.37. The Balaban J connectivity index is 1.50. The zero-order valence-electron chi connectivity index (χ0n) is 16.7. The van der Waals surface area contributed by atoms with Crippen molar-refractivity contribution in [3.8, 4) is 17.3 Å². The summed E-state index contributed by atoms with van der Waals surface area (Å²) < 4.78 is 7.24. The second-order valence-electron chi connectivity index (χ2n) is 7.09. The zero-order chi connectivity index (χ0) is 21.3. The molecule has 0 aliphatic rings. The van der Waals surface area contributed by atoms with Crippen molar-refractivity contribution in [2.24, 2.45) is 0 Å². The molecule has 3 heterocycles. The van der Waals surface area contributed by atoms with Crippen LogP contribution in [0.1, 0.15) is 41.6 Å². The average molecular weight is 404 g/mol. The van der Waals surface area contributed by atoms with Gasteiger partial charge in [0.2, 0.25) is 5.89 Å². The molecule has 152 valence electrons. The fourth-order valence-electron chi connectivity index (χ4n) is 2.90. The molecule has 0 aliphatic heterocycles. The van der Waals surface area contributed by atoms with Crippen LogP contribution in [-0.2, 0) is 0 Å². The van der Waals surface area contributed by atoms with E-state index >= 15 is 0 Å². The fraction of sp³-hybridized carbons (Fsp3) is 0.190. The number of amides is 1. The van der Waals surface area contributed by atoms with Gasteiger partial charge in [0, 0.05) is 23.2 Å². The van der Waals surface area contributed by atoms with Gasteiger partial charge in [-0.15, -0.1) is 0 Å². The maximum Gasteiger partial charge on any atom is 0.264 e. The van der Waals surface area contributed by atoms with Crippen molar-refractivity contribution in [1.82, 2.24) is 25.0 Å². The number of hydrogen-bond acceptors (Lipinski definition) is 6. The number of aromatic amines is 1. The molecule has 0 aliphatic carbocycles. The van der Waals surface area contributed by atoms with Crippen LogP contribution < -0.4 is 10.9 Å². The fourth-order valence-corrected chi connectivity index (χ4v) is 2.90. The molecule has 0 saturated heterocycles. The predicted molar refractivity (Wildman–Crippen MR) is 111 cm³/mol. The SMILES string of the molecule is Cc1c(C(=O)Nc2ccc(-c3ncc(C(C)C)o3)cc2)cnn1-c1ccc(=O)[nH]n1. The summed E-state index contributed by atoms with van der Waals surface area (Å²) >= 11 is 0. The standard InChI is InChI=1S/C21H20N6O3/c1-12(2)17-11-22-21(30-17)14-4-6-15(7-5-14)24-20(29)16-10-23-27(13(16)3)18-8-9-19(28)26-25-18/h4-12H,1-3H3,(H,24,29)(H,26,28). The molecule has 0 spiro atoms. The van der Waals surface area contributed by atoms with E-state index in [0.29, 0.717) is 28.7 Å². The third kappa shape index (κ3) is 3.77. The molecule has 0 radical (unpaired) electrons. The van der Waals surface area contributed by atoms with Crippen LogP contribution in [0.25, 0.3) is 17.3 Å². The summed E-state index contributed by atoms with van der Waals surface area (Å²) in [6.07, 6.45) is 3.19. The highest BCUT2D eigenvalue weighted by atomic mass is 16.4. The van der Waals surface area contributed by atoms with Crippen LogP contribution in [0.2, 0.25) is 0 Å². The van der Waals surface area contributed by atoms with E-state index < -0.39 is 0 Å². The summed E-state index contributed by atoms with van der Waals surface area (Å²) in [4.78, 5) is 28.2. The van der Waals surface area contributed by atoms with Gasteiger partial charge in [-0.1, -0.05) is 13.8 Å². The molecule has 2 N–H and O–H groups in total. The van der Waals surface area contributed by atoms with Gasteiger partial charge in [0.1, 0.15) is 5.76 Å². The van der Waals surface area contributed by atoms with Gasteiger partial charge in [-0.2, -0.15) is 10.2 Å². The van der Waals surface area contributed by atoms with Crippen LogP contribution in [-0.4, -0.2) is 30.9 Å². The Labute approximate surface area is 171 Å². The summed E-state index contributed by atoms with van der Waals surface area (Å²) in [7, 11) is 0. The predicted octanol–water partition coefficient (Wildman–Crippen LogP) is 3.29. The number of carbonyl (C=O) groups is 1. The first-order valence-corrected chi connectivity index (χ1v) is 9.40. The quantitative estimate of drug-likeness (QED) is 0.527. The number of aromatic nitrogens is 5. The second-order valence-corrected chi connectivity index (χ2v) is 7.09. The molecule has 3 aromatic heterocycles. The second kappa shape index (κ2) is 7.78. The van der Waals surface area contributed by atoms with Crippen LogP contribution in [0.4, 0.5) is 5.69 Å². The Bertz CT molecular complexity index is 1230. The lowest BCUT2D eigenvalue weighted by Crippen LogP contribution is -2.14. The lowest BCUT2D eigenvalue weighted by Gasteiger charge is -2.06. The number of H-pyrrole nitrogens is 1. The molecular formula is C21H20N6O3. The first-order valence-electron chi connectivity index (χ1n) is 9.40. The number of oxazole rings is 1. The molecule has 30 heavy (non-hydrogen) atoms. The van der Waals surface area contributed by atoms with Gasteiger partial charge in [0.25, 0.3) is 11.5 Å². The Morgan fingerprint density at radius 2 is 1.90 bits per heavy atom. The molecule has 0 unspecified atom stereocenters. The van der Waals surface area contributed by atoms with Crippen LogP contribution in [0.3, 0.4) is 0 Å². The van der Waals surface area contributed by atoms with E-state index in [9.17, 15) is 9.59 Å². The molecule has 1 aromatic carbocycles. The summed E-state index contributed by atoms with van der Waals surface area (Å²) in [6.45, 7) is 5.84. The lowest BCUT2D eigenvalue weighted by molar-refractivity contribution is 0.102. The van der Waals surface area contributed by atoms with Crippen molar-refractivity contribution < 1.29 is 9.21 Å². The molecule has 4 rings (SSSR count). The molecule has 1 amide bonds. The van der Waals surface area contributed by atoms with Crippen LogP contribution in [0.15, 0.2) is 58.0 Å². The van der Waals surface area contributed by atoms with Crippen molar-refractivity contribution in [3.05, 3.63) is 76.2 Å². The maximum atomic E-state index is 12.7. The van der Waals surface area contributed by atoms with E-state index in [1.807, 2.05) is 26.0 Å². The monoisotopic (exact) mass is 404 g/mol. The van der Waals surface area contributed by atoms with E-state index in [-0.39, 0.29) is 17.4 Å². The van der Waals surface area contributed by atoms with Crippen molar-refractivity contribution in [1.29, 1.82) is 0 Å². The van der Waals surface area contributed by atoms with Crippen LogP contribution >= 0.6 is 0 Å². The number of nitrogens with one attached hydrogen (secondary N) is 2. The highest BCUT2D eigenvalue weighted by Crippen LogP contribution is 2.24.